The van der Waals surface area contributed by atoms with Crippen molar-refractivity contribution >= 4 is 23.2 Å². The van der Waals surface area contributed by atoms with Gasteiger partial charge >= 0.3 is 5.97 Å². The summed E-state index contributed by atoms with van der Waals surface area (Å²) in [6, 6.07) is -0.779. The molecule has 1 atom stereocenters. The summed E-state index contributed by atoms with van der Waals surface area (Å²) in [7, 11) is 0. The van der Waals surface area contributed by atoms with Crippen molar-refractivity contribution in [1.29, 1.82) is 0 Å². The third-order valence-electron chi connectivity index (χ3n) is 2.54. The van der Waals surface area contributed by atoms with Crippen molar-refractivity contribution in [2.24, 2.45) is 0 Å². The van der Waals surface area contributed by atoms with Crippen molar-refractivity contribution in [2.45, 2.75) is 45.6 Å². The Morgan fingerprint density at radius 2 is 2.28 bits per heavy atom. The molecule has 6 heteroatoms. The van der Waals surface area contributed by atoms with Crippen molar-refractivity contribution < 1.29 is 14.7 Å². The van der Waals surface area contributed by atoms with Crippen LogP contribution in [0.4, 0.5) is 0 Å². The molecule has 18 heavy (non-hydrogen) atoms. The van der Waals surface area contributed by atoms with Gasteiger partial charge in [0.1, 0.15) is 6.04 Å². The zero-order valence-electron chi connectivity index (χ0n) is 10.6. The van der Waals surface area contributed by atoms with E-state index in [-0.39, 0.29) is 5.91 Å². The third-order valence-corrected chi connectivity index (χ3v) is 3.37. The van der Waals surface area contributed by atoms with E-state index in [0.717, 1.165) is 17.1 Å². The van der Waals surface area contributed by atoms with Crippen LogP contribution < -0.4 is 5.32 Å². The monoisotopic (exact) mass is 270 g/mol. The minimum atomic E-state index is -0.985. The van der Waals surface area contributed by atoms with Crippen LogP contribution in [-0.4, -0.2) is 28.0 Å². The number of carboxylic acids is 1. The van der Waals surface area contributed by atoms with Crippen molar-refractivity contribution in [1.82, 2.24) is 10.3 Å². The normalized spacial score (nSPS) is 12.1. The number of nitrogens with zero attached hydrogens (tertiary/aromatic N) is 1. The first kappa shape index (κ1) is 14.6. The van der Waals surface area contributed by atoms with Gasteiger partial charge in [-0.05, 0) is 26.2 Å². The number of carbonyl (C=O) groups excluding carboxylic acids is 1. The van der Waals surface area contributed by atoms with Crippen LogP contribution in [0.2, 0.25) is 0 Å². The fourth-order valence-electron chi connectivity index (χ4n) is 1.56. The van der Waals surface area contributed by atoms with E-state index < -0.39 is 12.0 Å². The maximum Gasteiger partial charge on any atom is 0.326 e. The molecular formula is C12H18N2O3S. The van der Waals surface area contributed by atoms with Crippen LogP contribution in [0.5, 0.6) is 0 Å². The first-order valence-electron chi connectivity index (χ1n) is 5.96. The number of hydrogen-bond donors (Lipinski definition) is 2. The molecule has 0 saturated carbocycles. The molecule has 5 nitrogen and oxygen atoms in total. The van der Waals surface area contributed by atoms with Gasteiger partial charge in [-0.2, -0.15) is 0 Å². The Morgan fingerprint density at radius 1 is 1.56 bits per heavy atom. The van der Waals surface area contributed by atoms with Gasteiger partial charge in [0.05, 0.1) is 10.7 Å². The molecule has 100 valence electrons. The Labute approximate surface area is 110 Å². The fraction of sp³-hybridized carbons (Fsp3) is 0.583. The van der Waals surface area contributed by atoms with Crippen LogP contribution in [-0.2, 0) is 16.0 Å². The summed E-state index contributed by atoms with van der Waals surface area (Å²) in [6.45, 7) is 3.68. The Kier molecular flexibility index (Phi) is 5.77. The first-order valence-corrected chi connectivity index (χ1v) is 6.84. The molecular weight excluding hydrogens is 252 g/mol. The molecule has 1 heterocycles. The van der Waals surface area contributed by atoms with Crippen molar-refractivity contribution in [2.75, 3.05) is 0 Å². The Bertz CT molecular complexity index is 417. The Balaban J connectivity index is 2.26. The van der Waals surface area contributed by atoms with Gasteiger partial charge in [0.25, 0.3) is 0 Å². The van der Waals surface area contributed by atoms with E-state index in [0.29, 0.717) is 19.3 Å². The molecule has 2 N–H and O–H groups in total. The van der Waals surface area contributed by atoms with Crippen LogP contribution in [0, 0.1) is 6.92 Å². The van der Waals surface area contributed by atoms with E-state index in [1.54, 1.807) is 18.3 Å². The minimum absolute atomic E-state index is 0.212. The second kappa shape index (κ2) is 7.10. The maximum absolute atomic E-state index is 11.5. The number of aromatic nitrogens is 1. The summed E-state index contributed by atoms with van der Waals surface area (Å²) in [5.74, 6) is -1.20. The van der Waals surface area contributed by atoms with Gasteiger partial charge in [0, 0.05) is 11.8 Å². The quantitative estimate of drug-likeness (QED) is 0.791. The van der Waals surface area contributed by atoms with Crippen molar-refractivity contribution in [3.63, 3.8) is 0 Å². The SMILES string of the molecule is CCC(NC(=O)CCCc1csc(C)n1)C(=O)O. The summed E-state index contributed by atoms with van der Waals surface area (Å²) >= 11 is 1.59. The van der Waals surface area contributed by atoms with Crippen LogP contribution in [0.25, 0.3) is 0 Å². The molecule has 1 unspecified atom stereocenters. The molecule has 0 bridgehead atoms. The predicted octanol–water partition coefficient (Wildman–Crippen LogP) is 1.75. The van der Waals surface area contributed by atoms with E-state index in [9.17, 15) is 9.59 Å². The molecule has 0 aliphatic carbocycles. The smallest absolute Gasteiger partial charge is 0.326 e. The molecule has 0 fully saturated rings. The van der Waals surface area contributed by atoms with Crippen molar-refractivity contribution in [3.8, 4) is 0 Å². The molecule has 1 rings (SSSR count). The number of nitrogens with one attached hydrogen (secondary N) is 1. The number of carboxylic acid groups (broad SMARTS) is 1. The average Bonchev–Trinajstić information content (AvgIpc) is 2.71. The van der Waals surface area contributed by atoms with Gasteiger partial charge in [0.15, 0.2) is 0 Å². The highest BCUT2D eigenvalue weighted by atomic mass is 32.1. The van der Waals surface area contributed by atoms with Crippen LogP contribution >= 0.6 is 11.3 Å². The number of hydrogen-bond acceptors (Lipinski definition) is 4. The lowest BCUT2D eigenvalue weighted by Crippen LogP contribution is -2.40. The second-order valence-electron chi connectivity index (χ2n) is 4.08. The number of carbonyl (C=O) groups is 2. The largest absolute Gasteiger partial charge is 0.480 e. The summed E-state index contributed by atoms with van der Waals surface area (Å²) in [5, 5.41) is 14.3. The third kappa shape index (κ3) is 4.83. The fourth-order valence-corrected chi connectivity index (χ4v) is 2.21. The number of aliphatic carboxylic acids is 1. The topological polar surface area (TPSA) is 79.3 Å². The highest BCUT2D eigenvalue weighted by Gasteiger charge is 2.16. The van der Waals surface area contributed by atoms with E-state index >= 15 is 0 Å². The highest BCUT2D eigenvalue weighted by Crippen LogP contribution is 2.10. The molecule has 0 radical (unpaired) electrons. The molecule has 0 saturated heterocycles. The van der Waals surface area contributed by atoms with Crippen molar-refractivity contribution in [3.05, 3.63) is 16.1 Å². The zero-order chi connectivity index (χ0) is 13.5. The molecule has 1 amide bonds. The van der Waals surface area contributed by atoms with Gasteiger partial charge in [-0.3, -0.25) is 4.79 Å². The van der Waals surface area contributed by atoms with Gasteiger partial charge in [-0.15, -0.1) is 11.3 Å². The molecule has 1 aromatic rings. The van der Waals surface area contributed by atoms with E-state index in [1.807, 2.05) is 12.3 Å². The molecule has 0 aliphatic rings. The first-order chi connectivity index (χ1) is 8.52. The van der Waals surface area contributed by atoms with Crippen LogP contribution in [0.3, 0.4) is 0 Å². The molecule has 0 aromatic carbocycles. The lowest BCUT2D eigenvalue weighted by Gasteiger charge is -2.11. The number of rotatable bonds is 7. The summed E-state index contributed by atoms with van der Waals surface area (Å²) in [4.78, 5) is 26.6. The standard InChI is InChI=1S/C12H18N2O3S/c1-3-10(12(16)17)14-11(15)6-4-5-9-7-18-8(2)13-9/h7,10H,3-6H2,1-2H3,(H,14,15)(H,16,17). The zero-order valence-corrected chi connectivity index (χ0v) is 11.4. The summed E-state index contributed by atoms with van der Waals surface area (Å²) < 4.78 is 0. The van der Waals surface area contributed by atoms with E-state index in [2.05, 4.69) is 10.3 Å². The number of amides is 1. The highest BCUT2D eigenvalue weighted by molar-refractivity contribution is 7.09. The lowest BCUT2D eigenvalue weighted by molar-refractivity contribution is -0.141. The second-order valence-corrected chi connectivity index (χ2v) is 5.14. The van der Waals surface area contributed by atoms with E-state index in [1.165, 1.54) is 0 Å². The van der Waals surface area contributed by atoms with Crippen LogP contribution in [0.15, 0.2) is 5.38 Å². The number of thiazole rings is 1. The van der Waals surface area contributed by atoms with E-state index in [4.69, 9.17) is 5.11 Å². The summed E-state index contributed by atoms with van der Waals surface area (Å²) in [5.41, 5.74) is 0.996. The van der Waals surface area contributed by atoms with Gasteiger partial charge in [-0.1, -0.05) is 6.92 Å². The number of aryl methyl sites for hydroxylation is 2. The lowest BCUT2D eigenvalue weighted by atomic mass is 10.1. The Morgan fingerprint density at radius 3 is 2.78 bits per heavy atom. The van der Waals surface area contributed by atoms with Gasteiger partial charge in [-0.25, -0.2) is 9.78 Å². The average molecular weight is 270 g/mol. The molecule has 1 aromatic heterocycles. The Hall–Kier alpha value is -1.43. The van der Waals surface area contributed by atoms with Gasteiger partial charge in [0.2, 0.25) is 5.91 Å². The van der Waals surface area contributed by atoms with Gasteiger partial charge < -0.3 is 10.4 Å². The summed E-state index contributed by atoms with van der Waals surface area (Å²) in [6.07, 6.45) is 2.17. The maximum atomic E-state index is 11.5. The molecule has 0 spiro atoms. The van der Waals surface area contributed by atoms with Crippen LogP contribution in [0.1, 0.15) is 36.9 Å². The minimum Gasteiger partial charge on any atom is -0.480 e. The predicted molar refractivity (Wildman–Crippen MR) is 69.6 cm³/mol. The molecule has 0 aliphatic heterocycles.